The van der Waals surface area contributed by atoms with Crippen LogP contribution in [0.4, 0.5) is 16.3 Å². The van der Waals surface area contributed by atoms with Gasteiger partial charge in [-0.05, 0) is 49.8 Å². The highest BCUT2D eigenvalue weighted by molar-refractivity contribution is 6.30. The van der Waals surface area contributed by atoms with Crippen LogP contribution in [0.15, 0.2) is 30.6 Å². The number of benzene rings is 1. The van der Waals surface area contributed by atoms with Crippen molar-refractivity contribution in [3.05, 3.63) is 41.4 Å². The number of nitrogens with zero attached hydrogens (tertiary/aromatic N) is 5. The number of amides is 3. The first-order chi connectivity index (χ1) is 19.3. The topological polar surface area (TPSA) is 181 Å². The molecule has 3 fully saturated rings. The molecule has 6 N–H and O–H groups in total. The number of piperidine rings is 1. The number of aliphatic hydroxyl groups is 2. The maximum Gasteiger partial charge on any atom is 0.321 e. The molecule has 14 heteroatoms. The number of nitrogens with one attached hydrogen (secondary N) is 2. The summed E-state index contributed by atoms with van der Waals surface area (Å²) < 4.78 is 7.28. The molecule has 1 aromatic carbocycles. The van der Waals surface area contributed by atoms with Crippen molar-refractivity contribution in [3.8, 4) is 0 Å². The predicted molar refractivity (Wildman–Crippen MR) is 145 cm³/mol. The van der Waals surface area contributed by atoms with Crippen molar-refractivity contribution in [1.29, 1.82) is 0 Å². The van der Waals surface area contributed by atoms with E-state index in [9.17, 15) is 19.8 Å². The van der Waals surface area contributed by atoms with Crippen molar-refractivity contribution < 1.29 is 24.5 Å². The highest BCUT2D eigenvalue weighted by Crippen LogP contribution is 2.33. The van der Waals surface area contributed by atoms with Gasteiger partial charge >= 0.3 is 6.03 Å². The van der Waals surface area contributed by atoms with Gasteiger partial charge in [-0.15, -0.1) is 0 Å². The molecule has 2 aliphatic heterocycles. The first-order valence-electron chi connectivity index (χ1n) is 13.4. The number of imidazole rings is 1. The number of anilines is 2. The number of carbonyl (C=O) groups is 2. The molecule has 2 aromatic heterocycles. The third-order valence-corrected chi connectivity index (χ3v) is 7.87. The molecule has 13 nitrogen and oxygen atoms in total. The zero-order valence-corrected chi connectivity index (χ0v) is 22.4. The summed E-state index contributed by atoms with van der Waals surface area (Å²) in [5.41, 5.74) is 7.54. The Morgan fingerprint density at radius 3 is 2.62 bits per heavy atom. The maximum atomic E-state index is 12.7. The number of nitrogen functional groups attached to an aromatic ring is 1. The Morgan fingerprint density at radius 1 is 1.12 bits per heavy atom. The van der Waals surface area contributed by atoms with Crippen LogP contribution < -0.4 is 16.4 Å². The zero-order valence-electron chi connectivity index (χ0n) is 21.6. The Bertz CT molecular complexity index is 1420. The largest absolute Gasteiger partial charge is 0.387 e. The van der Waals surface area contributed by atoms with E-state index in [4.69, 9.17) is 22.1 Å². The monoisotopic (exact) mass is 570 g/mol. The molecular formula is C26H31ClN8O5. The molecule has 1 unspecified atom stereocenters. The molecule has 3 aliphatic rings. The van der Waals surface area contributed by atoms with Gasteiger partial charge < -0.3 is 36.2 Å². The number of carbonyl (C=O) groups excluding carboxylic acids is 2. The molecule has 0 radical (unpaired) electrons. The van der Waals surface area contributed by atoms with E-state index in [1.807, 2.05) is 0 Å². The molecule has 1 aliphatic carbocycles. The average molecular weight is 571 g/mol. The van der Waals surface area contributed by atoms with Crippen molar-refractivity contribution in [2.45, 2.75) is 62.7 Å². The fraction of sp³-hybridized carbons (Fsp3) is 0.500. The van der Waals surface area contributed by atoms with Crippen molar-refractivity contribution in [2.24, 2.45) is 5.92 Å². The summed E-state index contributed by atoms with van der Waals surface area (Å²) in [6, 6.07) is 6.94. The van der Waals surface area contributed by atoms with Crippen LogP contribution in [0.1, 0.15) is 37.7 Å². The van der Waals surface area contributed by atoms with Crippen LogP contribution >= 0.6 is 11.6 Å². The van der Waals surface area contributed by atoms with E-state index in [0.717, 1.165) is 25.7 Å². The Balaban J connectivity index is 1.11. The van der Waals surface area contributed by atoms with Crippen molar-refractivity contribution >= 4 is 46.2 Å². The molecule has 3 aromatic rings. The Labute approximate surface area is 234 Å². The van der Waals surface area contributed by atoms with E-state index in [1.54, 1.807) is 29.2 Å². The molecular weight excluding hydrogens is 540 g/mol. The van der Waals surface area contributed by atoms with E-state index in [-0.39, 0.29) is 23.8 Å². The van der Waals surface area contributed by atoms with Gasteiger partial charge in [0.1, 0.15) is 23.5 Å². The van der Waals surface area contributed by atoms with Crippen LogP contribution in [0, 0.1) is 5.92 Å². The number of nitrogens with two attached hydrogens (primary N) is 1. The van der Waals surface area contributed by atoms with Crippen molar-refractivity contribution in [2.75, 3.05) is 24.1 Å². The third kappa shape index (κ3) is 5.42. The molecule has 4 heterocycles. The SMILES string of the molecule is Nc1nc(CC2CCN(C(=O)Nc3cccc(Cl)c3)CC2)nc2c1ncn2[C@@H]1O[C@H](C(=O)NC2CC2)[C@H](O)C1O. The minimum atomic E-state index is -1.40. The average Bonchev–Trinajstić information content (AvgIpc) is 3.56. The molecule has 4 atom stereocenters. The number of fused-ring (bicyclic) bond motifs is 1. The lowest BCUT2D eigenvalue weighted by atomic mass is 9.93. The highest BCUT2D eigenvalue weighted by Gasteiger charge is 2.48. The number of ether oxygens (including phenoxy) is 1. The van der Waals surface area contributed by atoms with Crippen LogP contribution in [0.5, 0.6) is 0 Å². The van der Waals surface area contributed by atoms with Crippen LogP contribution in [0.2, 0.25) is 5.02 Å². The predicted octanol–water partition coefficient (Wildman–Crippen LogP) is 1.45. The van der Waals surface area contributed by atoms with E-state index < -0.39 is 30.4 Å². The fourth-order valence-corrected chi connectivity index (χ4v) is 5.44. The third-order valence-electron chi connectivity index (χ3n) is 7.64. The standard InChI is InChI=1S/C26H31ClN8O5/c27-14-2-1-3-16(11-14)31-26(39)34-8-6-13(7-9-34)10-17-32-22(28)18-23(33-17)35(12-29-18)25-20(37)19(36)21(40-25)24(38)30-15-4-5-15/h1-3,11-13,15,19-21,25,36-37H,4-10H2,(H,30,38)(H,31,39)(H2,28,32,33)/t19-,20?,21+,25-/m1/s1. The normalized spacial score (nSPS) is 25.3. The Kier molecular flexibility index (Phi) is 7.21. The lowest BCUT2D eigenvalue weighted by Gasteiger charge is -2.31. The van der Waals surface area contributed by atoms with E-state index in [0.29, 0.717) is 47.2 Å². The first-order valence-corrected chi connectivity index (χ1v) is 13.8. The van der Waals surface area contributed by atoms with E-state index in [2.05, 4.69) is 25.6 Å². The number of halogens is 1. The number of hydrogen-bond donors (Lipinski definition) is 5. The second-order valence-corrected chi connectivity index (χ2v) is 11.1. The maximum absolute atomic E-state index is 12.7. The molecule has 3 amide bonds. The summed E-state index contributed by atoms with van der Waals surface area (Å²) in [6.45, 7) is 1.16. The second kappa shape index (κ2) is 10.8. The van der Waals surface area contributed by atoms with Crippen LogP contribution in [-0.2, 0) is 16.0 Å². The first kappa shape index (κ1) is 26.7. The summed E-state index contributed by atoms with van der Waals surface area (Å²) in [6.07, 6.45) is 0.209. The van der Waals surface area contributed by atoms with Crippen LogP contribution in [0.3, 0.4) is 0 Å². The highest BCUT2D eigenvalue weighted by atomic mass is 35.5. The van der Waals surface area contributed by atoms with Crippen molar-refractivity contribution in [3.63, 3.8) is 0 Å². The van der Waals surface area contributed by atoms with Gasteiger partial charge in [-0.3, -0.25) is 9.36 Å². The van der Waals surface area contributed by atoms with Gasteiger partial charge in [-0.2, -0.15) is 0 Å². The Morgan fingerprint density at radius 2 is 1.90 bits per heavy atom. The van der Waals surface area contributed by atoms with Crippen LogP contribution in [-0.4, -0.2) is 84.0 Å². The van der Waals surface area contributed by atoms with Gasteiger partial charge in [-0.1, -0.05) is 17.7 Å². The number of aromatic nitrogens is 4. The summed E-state index contributed by atoms with van der Waals surface area (Å²) in [4.78, 5) is 40.4. The summed E-state index contributed by atoms with van der Waals surface area (Å²) >= 11 is 6.01. The Hall–Kier alpha value is -3.52. The van der Waals surface area contributed by atoms with Crippen LogP contribution in [0.25, 0.3) is 11.2 Å². The van der Waals surface area contributed by atoms with E-state index in [1.165, 1.54) is 10.9 Å². The smallest absolute Gasteiger partial charge is 0.321 e. The van der Waals surface area contributed by atoms with Gasteiger partial charge in [-0.25, -0.2) is 19.7 Å². The number of aliphatic hydroxyl groups excluding tert-OH is 2. The zero-order chi connectivity index (χ0) is 28.0. The lowest BCUT2D eigenvalue weighted by molar-refractivity contribution is -0.137. The summed E-state index contributed by atoms with van der Waals surface area (Å²) in [5, 5.41) is 27.5. The van der Waals surface area contributed by atoms with Gasteiger partial charge in [0.15, 0.2) is 23.8 Å². The molecule has 212 valence electrons. The molecule has 1 saturated carbocycles. The lowest BCUT2D eigenvalue weighted by Crippen LogP contribution is -2.43. The van der Waals surface area contributed by atoms with Gasteiger partial charge in [0.2, 0.25) is 0 Å². The van der Waals surface area contributed by atoms with Gasteiger partial charge in [0, 0.05) is 36.3 Å². The number of hydrogen-bond acceptors (Lipinski definition) is 9. The molecule has 0 bridgehead atoms. The fourth-order valence-electron chi connectivity index (χ4n) is 5.25. The quantitative estimate of drug-likeness (QED) is 0.293. The number of urea groups is 1. The van der Waals surface area contributed by atoms with Crippen molar-refractivity contribution in [1.82, 2.24) is 29.7 Å². The second-order valence-electron chi connectivity index (χ2n) is 10.6. The minimum Gasteiger partial charge on any atom is -0.387 e. The molecule has 6 rings (SSSR count). The summed E-state index contributed by atoms with van der Waals surface area (Å²) in [7, 11) is 0. The molecule has 0 spiro atoms. The number of rotatable bonds is 6. The molecule has 40 heavy (non-hydrogen) atoms. The minimum absolute atomic E-state index is 0.0906. The molecule has 2 saturated heterocycles. The van der Waals surface area contributed by atoms with Gasteiger partial charge in [0.25, 0.3) is 5.91 Å². The van der Waals surface area contributed by atoms with Gasteiger partial charge in [0.05, 0.1) is 6.33 Å². The van der Waals surface area contributed by atoms with E-state index >= 15 is 0 Å². The number of likely N-dealkylation sites (tertiary alicyclic amines) is 1. The summed E-state index contributed by atoms with van der Waals surface area (Å²) in [5.74, 6) is 0.468.